The monoisotopic (exact) mass is 415 g/mol. The van der Waals surface area contributed by atoms with E-state index in [4.69, 9.17) is 16.3 Å². The Morgan fingerprint density at radius 1 is 1.21 bits per heavy atom. The quantitative estimate of drug-likeness (QED) is 0.749. The predicted octanol–water partition coefficient (Wildman–Crippen LogP) is 3.95. The lowest BCUT2D eigenvalue weighted by Crippen LogP contribution is -2.44. The van der Waals surface area contributed by atoms with Crippen LogP contribution in [0.15, 0.2) is 42.5 Å². The van der Waals surface area contributed by atoms with Crippen molar-refractivity contribution < 1.29 is 14.3 Å². The summed E-state index contributed by atoms with van der Waals surface area (Å²) < 4.78 is 5.31. The Bertz CT molecular complexity index is 873. The minimum atomic E-state index is -0.144. The van der Waals surface area contributed by atoms with Gasteiger partial charge in [0.05, 0.1) is 25.3 Å². The van der Waals surface area contributed by atoms with E-state index in [-0.39, 0.29) is 24.3 Å². The zero-order chi connectivity index (χ0) is 20.8. The molecule has 0 aliphatic carbocycles. The maximum absolute atomic E-state index is 12.6. The molecular weight excluding hydrogens is 390 g/mol. The molecule has 154 valence electrons. The summed E-state index contributed by atoms with van der Waals surface area (Å²) in [7, 11) is 1.54. The fraction of sp³-hybridized carbons (Fsp3) is 0.364. The standard InChI is InChI=1S/C22H26ClN3O3/c1-15-11-19(20(29-2)12-18(15)23)25-21(27)14-26-10-6-7-16(13-26)22(28)24-17-8-4-3-5-9-17/h3-5,8-9,11-12,16H,6-7,10,13-14H2,1-2H3,(H,24,28)(H,25,27)/t16-/m0/s1. The van der Waals surface area contributed by atoms with Gasteiger partial charge in [0.2, 0.25) is 11.8 Å². The van der Waals surface area contributed by atoms with Crippen LogP contribution in [0.5, 0.6) is 5.75 Å². The molecule has 0 radical (unpaired) electrons. The van der Waals surface area contributed by atoms with E-state index in [9.17, 15) is 9.59 Å². The molecule has 1 fully saturated rings. The number of hydrogen-bond donors (Lipinski definition) is 2. The number of nitrogens with one attached hydrogen (secondary N) is 2. The van der Waals surface area contributed by atoms with Gasteiger partial charge in [-0.05, 0) is 50.1 Å². The molecule has 0 spiro atoms. The average molecular weight is 416 g/mol. The number of ether oxygens (including phenoxy) is 1. The van der Waals surface area contributed by atoms with Gasteiger partial charge in [-0.1, -0.05) is 29.8 Å². The number of anilines is 2. The Morgan fingerprint density at radius 2 is 1.97 bits per heavy atom. The molecule has 0 unspecified atom stereocenters. The van der Waals surface area contributed by atoms with Gasteiger partial charge in [0, 0.05) is 23.3 Å². The van der Waals surface area contributed by atoms with Crippen molar-refractivity contribution >= 4 is 34.8 Å². The Kier molecular flexibility index (Phi) is 7.12. The lowest BCUT2D eigenvalue weighted by molar-refractivity contribution is -0.123. The Hall–Kier alpha value is -2.57. The number of carbonyl (C=O) groups is 2. The lowest BCUT2D eigenvalue weighted by Gasteiger charge is -2.31. The van der Waals surface area contributed by atoms with Gasteiger partial charge in [-0.15, -0.1) is 0 Å². The summed E-state index contributed by atoms with van der Waals surface area (Å²) in [5, 5.41) is 6.44. The highest BCUT2D eigenvalue weighted by Gasteiger charge is 2.27. The Labute approximate surface area is 176 Å². The number of nitrogens with zero attached hydrogens (tertiary/aromatic N) is 1. The topological polar surface area (TPSA) is 70.7 Å². The molecule has 1 heterocycles. The second-order valence-corrected chi connectivity index (χ2v) is 7.69. The lowest BCUT2D eigenvalue weighted by atomic mass is 9.97. The summed E-state index contributed by atoms with van der Waals surface area (Å²) >= 11 is 6.12. The van der Waals surface area contributed by atoms with Gasteiger partial charge in [0.1, 0.15) is 5.75 Å². The number of likely N-dealkylation sites (tertiary alicyclic amines) is 1. The largest absolute Gasteiger partial charge is 0.495 e. The molecule has 2 amide bonds. The van der Waals surface area contributed by atoms with Crippen LogP contribution in [0.3, 0.4) is 0 Å². The molecule has 3 rings (SSSR count). The number of halogens is 1. The number of amides is 2. The van der Waals surface area contributed by atoms with E-state index in [1.54, 1.807) is 12.1 Å². The highest BCUT2D eigenvalue weighted by molar-refractivity contribution is 6.31. The zero-order valence-corrected chi connectivity index (χ0v) is 17.5. The van der Waals surface area contributed by atoms with Crippen LogP contribution in [-0.2, 0) is 9.59 Å². The number of aryl methyl sites for hydroxylation is 1. The van der Waals surface area contributed by atoms with Crippen molar-refractivity contribution in [3.05, 3.63) is 53.1 Å². The molecule has 6 nitrogen and oxygen atoms in total. The number of carbonyl (C=O) groups excluding carboxylic acids is 2. The fourth-order valence-corrected chi connectivity index (χ4v) is 3.66. The molecule has 1 aliphatic heterocycles. The molecule has 1 aliphatic rings. The molecule has 1 saturated heterocycles. The van der Waals surface area contributed by atoms with Crippen LogP contribution >= 0.6 is 11.6 Å². The van der Waals surface area contributed by atoms with Crippen LogP contribution < -0.4 is 15.4 Å². The first-order valence-corrected chi connectivity index (χ1v) is 10.1. The summed E-state index contributed by atoms with van der Waals surface area (Å²) in [6.45, 7) is 3.44. The molecule has 29 heavy (non-hydrogen) atoms. The van der Waals surface area contributed by atoms with Gasteiger partial charge in [-0.3, -0.25) is 14.5 Å². The minimum absolute atomic E-state index is 0.00342. The van der Waals surface area contributed by atoms with Gasteiger partial charge in [0.15, 0.2) is 0 Å². The summed E-state index contributed by atoms with van der Waals surface area (Å²) in [4.78, 5) is 27.2. The molecule has 2 N–H and O–H groups in total. The van der Waals surface area contributed by atoms with Crippen LogP contribution in [0, 0.1) is 12.8 Å². The highest BCUT2D eigenvalue weighted by Crippen LogP contribution is 2.31. The summed E-state index contributed by atoms with van der Waals surface area (Å²) in [6, 6.07) is 12.9. The Balaban J connectivity index is 1.57. The summed E-state index contributed by atoms with van der Waals surface area (Å²) in [6.07, 6.45) is 1.70. The first-order chi connectivity index (χ1) is 14.0. The minimum Gasteiger partial charge on any atom is -0.495 e. The summed E-state index contributed by atoms with van der Waals surface area (Å²) in [5.41, 5.74) is 2.24. The maximum atomic E-state index is 12.6. The van der Waals surface area contributed by atoms with Crippen LogP contribution in [0.1, 0.15) is 18.4 Å². The number of methoxy groups -OCH3 is 1. The average Bonchev–Trinajstić information content (AvgIpc) is 2.71. The van der Waals surface area contributed by atoms with Crippen molar-refractivity contribution in [3.8, 4) is 5.75 Å². The van der Waals surface area contributed by atoms with Gasteiger partial charge in [0.25, 0.3) is 0 Å². The first-order valence-electron chi connectivity index (χ1n) is 9.68. The molecule has 1 atom stereocenters. The van der Waals surface area contributed by atoms with Crippen LogP contribution in [-0.4, -0.2) is 43.5 Å². The number of hydrogen-bond acceptors (Lipinski definition) is 4. The van der Waals surface area contributed by atoms with Crippen molar-refractivity contribution in [1.82, 2.24) is 4.90 Å². The van der Waals surface area contributed by atoms with E-state index < -0.39 is 0 Å². The molecule has 0 aromatic heterocycles. The number of benzene rings is 2. The molecule has 0 bridgehead atoms. The van der Waals surface area contributed by atoms with E-state index in [0.717, 1.165) is 30.6 Å². The SMILES string of the molecule is COc1cc(Cl)c(C)cc1NC(=O)CN1CCC[C@H](C(=O)Nc2ccccc2)C1. The van der Waals surface area contributed by atoms with Crippen molar-refractivity contribution in [1.29, 1.82) is 0 Å². The Morgan fingerprint density at radius 3 is 2.69 bits per heavy atom. The van der Waals surface area contributed by atoms with Gasteiger partial charge < -0.3 is 15.4 Å². The number of piperidine rings is 1. The van der Waals surface area contributed by atoms with Crippen LogP contribution in [0.2, 0.25) is 5.02 Å². The molecular formula is C22H26ClN3O3. The van der Waals surface area contributed by atoms with E-state index in [1.165, 1.54) is 7.11 Å². The third-order valence-electron chi connectivity index (χ3n) is 5.04. The fourth-order valence-electron chi connectivity index (χ4n) is 3.50. The van der Waals surface area contributed by atoms with Crippen molar-refractivity contribution in [2.45, 2.75) is 19.8 Å². The zero-order valence-electron chi connectivity index (χ0n) is 16.7. The van der Waals surface area contributed by atoms with E-state index in [2.05, 4.69) is 10.6 Å². The smallest absolute Gasteiger partial charge is 0.238 e. The second-order valence-electron chi connectivity index (χ2n) is 7.28. The van der Waals surface area contributed by atoms with E-state index in [1.807, 2.05) is 42.2 Å². The van der Waals surface area contributed by atoms with Gasteiger partial charge in [-0.25, -0.2) is 0 Å². The molecule has 2 aromatic rings. The summed E-state index contributed by atoms with van der Waals surface area (Å²) in [5.74, 6) is 0.238. The van der Waals surface area contributed by atoms with Crippen LogP contribution in [0.4, 0.5) is 11.4 Å². The predicted molar refractivity (Wildman–Crippen MR) is 116 cm³/mol. The van der Waals surface area contributed by atoms with Crippen molar-refractivity contribution in [2.75, 3.05) is 37.4 Å². The van der Waals surface area contributed by atoms with E-state index >= 15 is 0 Å². The number of para-hydroxylation sites is 1. The van der Waals surface area contributed by atoms with Gasteiger partial charge in [-0.2, -0.15) is 0 Å². The van der Waals surface area contributed by atoms with Gasteiger partial charge >= 0.3 is 0 Å². The molecule has 2 aromatic carbocycles. The number of rotatable bonds is 6. The maximum Gasteiger partial charge on any atom is 0.238 e. The third-order valence-corrected chi connectivity index (χ3v) is 5.45. The second kappa shape index (κ2) is 9.76. The molecule has 7 heteroatoms. The van der Waals surface area contributed by atoms with Crippen molar-refractivity contribution in [2.24, 2.45) is 5.92 Å². The molecule has 0 saturated carbocycles. The third kappa shape index (κ3) is 5.71. The normalized spacial score (nSPS) is 16.9. The highest BCUT2D eigenvalue weighted by atomic mass is 35.5. The van der Waals surface area contributed by atoms with Crippen molar-refractivity contribution in [3.63, 3.8) is 0 Å². The first kappa shape index (κ1) is 21.1. The van der Waals surface area contributed by atoms with Crippen LogP contribution in [0.25, 0.3) is 0 Å². The van der Waals surface area contributed by atoms with E-state index in [0.29, 0.717) is 23.0 Å².